The number of nitrogens with zero attached hydrogens (tertiary/aromatic N) is 3. The molecule has 0 spiro atoms. The molecule has 2 aromatic carbocycles. The van der Waals surface area contributed by atoms with Gasteiger partial charge in [0.15, 0.2) is 5.71 Å². The summed E-state index contributed by atoms with van der Waals surface area (Å²) in [6.07, 6.45) is 0.747. The number of carbonyl (C=O) groups is 1. The molecule has 2 heterocycles. The number of fused-ring (bicyclic) bond motifs is 3. The van der Waals surface area contributed by atoms with Gasteiger partial charge in [-0.25, -0.2) is 0 Å². The molecule has 1 N–H and O–H groups in total. The predicted octanol–water partition coefficient (Wildman–Crippen LogP) is 5.37. The van der Waals surface area contributed by atoms with Crippen LogP contribution in [0.2, 0.25) is 10.0 Å². The van der Waals surface area contributed by atoms with Gasteiger partial charge in [-0.05, 0) is 56.4 Å². The molecule has 1 aliphatic rings. The number of carbonyl (C=O) groups excluding carboxylic acids is 1. The minimum atomic E-state index is -0.172. The third-order valence-electron chi connectivity index (χ3n) is 5.33. The molecule has 0 radical (unpaired) electrons. The van der Waals surface area contributed by atoms with Crippen LogP contribution >= 0.6 is 23.2 Å². The first-order valence-corrected chi connectivity index (χ1v) is 11.9. The first kappa shape index (κ1) is 25.1. The maximum atomic E-state index is 13.4. The first-order valence-electron chi connectivity index (χ1n) is 11.1. The highest BCUT2D eigenvalue weighted by Gasteiger charge is 2.28. The molecule has 33 heavy (non-hydrogen) atoms. The normalized spacial score (nSPS) is 13.5. The molecule has 0 fully saturated rings. The Morgan fingerprint density at radius 1 is 1.12 bits per heavy atom. The average Bonchev–Trinajstić information content (AvgIpc) is 3.17. The van der Waals surface area contributed by atoms with Gasteiger partial charge in [0.2, 0.25) is 0 Å². The van der Waals surface area contributed by atoms with Gasteiger partial charge in [-0.1, -0.05) is 54.3 Å². The lowest BCUT2D eigenvalue weighted by atomic mass is 10.0. The first-order chi connectivity index (χ1) is 15.9. The van der Waals surface area contributed by atoms with E-state index in [1.807, 2.05) is 51.0 Å². The number of aromatic amines is 1. The largest absolute Gasteiger partial charge is 0.394 e. The van der Waals surface area contributed by atoms with Gasteiger partial charge in [0.25, 0.3) is 5.91 Å². The van der Waals surface area contributed by atoms with Crippen molar-refractivity contribution in [2.24, 2.45) is 5.16 Å². The highest BCUT2D eigenvalue weighted by Crippen LogP contribution is 2.30. The summed E-state index contributed by atoms with van der Waals surface area (Å²) >= 11 is 12.2. The molecule has 0 aliphatic carbocycles. The van der Waals surface area contributed by atoms with Gasteiger partial charge < -0.3 is 19.6 Å². The van der Waals surface area contributed by atoms with Crippen LogP contribution in [0.4, 0.5) is 0 Å². The average molecular weight is 489 g/mol. The van der Waals surface area contributed by atoms with Crippen LogP contribution in [0.25, 0.3) is 10.9 Å². The Balaban J connectivity index is 0.00000149. The molecule has 0 atom stereocenters. The van der Waals surface area contributed by atoms with E-state index in [0.717, 1.165) is 23.0 Å². The van der Waals surface area contributed by atoms with Gasteiger partial charge in [0.05, 0.1) is 6.54 Å². The van der Waals surface area contributed by atoms with Crippen LogP contribution in [-0.2, 0) is 22.6 Å². The molecule has 0 saturated carbocycles. The zero-order chi connectivity index (χ0) is 24.0. The molecule has 4 rings (SSSR count). The standard InChI is InChI=1S/C23H24Cl2N4O2.C2H6/c1-28(2)11-12-31-27-22(15-3-5-16(24)6-4-15)23(30)29-10-9-18-19-13-17(25)7-8-20(19)26-21(18)14-29;1-2/h3-8,13,26H,9-12,14H2,1-2H3;1-2H3/b27-22+;. The second-order valence-corrected chi connectivity index (χ2v) is 8.70. The zero-order valence-corrected chi connectivity index (χ0v) is 21.0. The summed E-state index contributed by atoms with van der Waals surface area (Å²) in [5.41, 5.74) is 4.23. The Labute approximate surface area is 205 Å². The highest BCUT2D eigenvalue weighted by molar-refractivity contribution is 6.45. The Morgan fingerprint density at radius 3 is 2.52 bits per heavy atom. The van der Waals surface area contributed by atoms with Gasteiger partial charge >= 0.3 is 0 Å². The smallest absolute Gasteiger partial charge is 0.276 e. The number of benzene rings is 2. The fourth-order valence-electron chi connectivity index (χ4n) is 3.69. The summed E-state index contributed by atoms with van der Waals surface area (Å²) in [7, 11) is 3.91. The fourth-order valence-corrected chi connectivity index (χ4v) is 3.99. The number of halogens is 2. The van der Waals surface area contributed by atoms with E-state index in [0.29, 0.717) is 41.8 Å². The molecule has 0 bridgehead atoms. The maximum absolute atomic E-state index is 13.4. The number of rotatable bonds is 6. The third-order valence-corrected chi connectivity index (χ3v) is 5.82. The Hall–Kier alpha value is -2.54. The molecule has 1 aromatic heterocycles. The van der Waals surface area contributed by atoms with Crippen LogP contribution in [-0.4, -0.2) is 60.2 Å². The van der Waals surface area contributed by atoms with Crippen molar-refractivity contribution >= 4 is 45.7 Å². The van der Waals surface area contributed by atoms with Crippen LogP contribution in [0.1, 0.15) is 30.7 Å². The lowest BCUT2D eigenvalue weighted by molar-refractivity contribution is -0.125. The van der Waals surface area contributed by atoms with Crippen molar-refractivity contribution in [3.63, 3.8) is 0 Å². The predicted molar refractivity (Wildman–Crippen MR) is 136 cm³/mol. The highest BCUT2D eigenvalue weighted by atomic mass is 35.5. The summed E-state index contributed by atoms with van der Waals surface area (Å²) in [5, 5.41) is 6.64. The molecule has 3 aromatic rings. The quantitative estimate of drug-likeness (QED) is 0.288. The van der Waals surface area contributed by atoms with Gasteiger partial charge in [-0.3, -0.25) is 4.79 Å². The van der Waals surface area contributed by atoms with Crippen molar-refractivity contribution in [2.75, 3.05) is 33.8 Å². The van der Waals surface area contributed by atoms with Gasteiger partial charge in [0.1, 0.15) is 6.61 Å². The van der Waals surface area contributed by atoms with E-state index >= 15 is 0 Å². The minimum absolute atomic E-state index is 0.172. The topological polar surface area (TPSA) is 60.9 Å². The molecule has 1 aliphatic heterocycles. The molecule has 6 nitrogen and oxygen atoms in total. The SMILES string of the molecule is CC.CN(C)CCO/N=C(/C(=O)N1CCc2c([nH]c3ccc(Cl)cc23)C1)c1ccc(Cl)cc1. The Bertz CT molecular complexity index is 1120. The molecular formula is C25H30Cl2N4O2. The molecule has 0 unspecified atom stereocenters. The third kappa shape index (κ3) is 6.08. The number of hydrogen-bond donors (Lipinski definition) is 1. The molecule has 0 saturated heterocycles. The Kier molecular flexibility index (Phi) is 8.78. The van der Waals surface area contributed by atoms with E-state index < -0.39 is 0 Å². The lowest BCUT2D eigenvalue weighted by Crippen LogP contribution is -2.40. The van der Waals surface area contributed by atoms with Crippen LogP contribution in [0, 0.1) is 0 Å². The van der Waals surface area contributed by atoms with Crippen LogP contribution in [0.5, 0.6) is 0 Å². The van der Waals surface area contributed by atoms with Crippen molar-refractivity contribution in [3.05, 3.63) is 69.3 Å². The van der Waals surface area contributed by atoms with E-state index in [1.165, 1.54) is 5.56 Å². The van der Waals surface area contributed by atoms with Crippen molar-refractivity contribution < 1.29 is 9.63 Å². The number of nitrogens with one attached hydrogen (secondary N) is 1. The number of oxime groups is 1. The maximum Gasteiger partial charge on any atom is 0.276 e. The van der Waals surface area contributed by atoms with E-state index in [9.17, 15) is 4.79 Å². The monoisotopic (exact) mass is 488 g/mol. The van der Waals surface area contributed by atoms with E-state index in [2.05, 4.69) is 10.1 Å². The van der Waals surface area contributed by atoms with Crippen LogP contribution < -0.4 is 0 Å². The zero-order valence-electron chi connectivity index (χ0n) is 19.5. The molecule has 176 valence electrons. The van der Waals surface area contributed by atoms with Gasteiger partial charge in [0, 0.05) is 45.3 Å². The number of aromatic nitrogens is 1. The van der Waals surface area contributed by atoms with Gasteiger partial charge in [-0.15, -0.1) is 0 Å². The second-order valence-electron chi connectivity index (χ2n) is 7.83. The summed E-state index contributed by atoms with van der Waals surface area (Å²) in [5.74, 6) is -0.172. The number of hydrogen-bond acceptors (Lipinski definition) is 4. The second kappa shape index (κ2) is 11.5. The van der Waals surface area contributed by atoms with E-state index in [4.69, 9.17) is 28.0 Å². The van der Waals surface area contributed by atoms with Gasteiger partial charge in [-0.2, -0.15) is 0 Å². The number of amides is 1. The van der Waals surface area contributed by atoms with Crippen molar-refractivity contribution in [1.29, 1.82) is 0 Å². The molecule has 8 heteroatoms. The number of H-pyrrole nitrogens is 1. The summed E-state index contributed by atoms with van der Waals surface area (Å²) in [6.45, 7) is 6.17. The minimum Gasteiger partial charge on any atom is -0.394 e. The van der Waals surface area contributed by atoms with Crippen LogP contribution in [0.15, 0.2) is 47.6 Å². The van der Waals surface area contributed by atoms with Crippen LogP contribution in [0.3, 0.4) is 0 Å². The van der Waals surface area contributed by atoms with Crippen molar-refractivity contribution in [2.45, 2.75) is 26.8 Å². The van der Waals surface area contributed by atoms with E-state index in [1.54, 1.807) is 29.2 Å². The molecule has 1 amide bonds. The fraction of sp³-hybridized carbons (Fsp3) is 0.360. The number of likely N-dealkylation sites (N-methyl/N-ethyl adjacent to an activating group) is 1. The molecular weight excluding hydrogens is 459 g/mol. The lowest BCUT2D eigenvalue weighted by Gasteiger charge is -2.27. The summed E-state index contributed by atoms with van der Waals surface area (Å²) in [4.78, 5) is 26.1. The van der Waals surface area contributed by atoms with E-state index in [-0.39, 0.29) is 11.6 Å². The summed E-state index contributed by atoms with van der Waals surface area (Å²) < 4.78 is 0. The van der Waals surface area contributed by atoms with Crippen molar-refractivity contribution in [1.82, 2.24) is 14.8 Å². The van der Waals surface area contributed by atoms with Crippen molar-refractivity contribution in [3.8, 4) is 0 Å². The Morgan fingerprint density at radius 2 is 1.82 bits per heavy atom. The summed E-state index contributed by atoms with van der Waals surface area (Å²) in [6, 6.07) is 12.9.